The van der Waals surface area contributed by atoms with Gasteiger partial charge in [-0.15, -0.1) is 0 Å². The summed E-state index contributed by atoms with van der Waals surface area (Å²) < 4.78 is 0. The lowest BCUT2D eigenvalue weighted by atomic mass is 10.2. The van der Waals surface area contributed by atoms with Gasteiger partial charge in [0.1, 0.15) is 0 Å². The fourth-order valence-corrected chi connectivity index (χ4v) is 1.55. The van der Waals surface area contributed by atoms with E-state index in [1.807, 2.05) is 12.1 Å². The summed E-state index contributed by atoms with van der Waals surface area (Å²) in [4.78, 5) is 21.6. The topological polar surface area (TPSA) is 66.4 Å². The van der Waals surface area contributed by atoms with Gasteiger partial charge in [-0.3, -0.25) is 9.59 Å². The molecule has 0 fully saturated rings. The van der Waals surface area contributed by atoms with E-state index in [9.17, 15) is 9.59 Å². The van der Waals surface area contributed by atoms with Crippen molar-refractivity contribution < 1.29 is 14.7 Å². The molecule has 1 rings (SSSR count). The molecule has 0 aliphatic carbocycles. The van der Waals surface area contributed by atoms with E-state index in [2.05, 4.69) is 5.32 Å². The lowest BCUT2D eigenvalue weighted by Gasteiger charge is -2.05. The normalized spacial score (nSPS) is 9.94. The Morgan fingerprint density at radius 3 is 2.71 bits per heavy atom. The van der Waals surface area contributed by atoms with Crippen molar-refractivity contribution in [1.29, 1.82) is 0 Å². The molecule has 92 valence electrons. The molecule has 0 heterocycles. The summed E-state index contributed by atoms with van der Waals surface area (Å²) in [6, 6.07) is 7.22. The molecule has 0 radical (unpaired) electrons. The molecule has 1 aromatic rings. The fourth-order valence-electron chi connectivity index (χ4n) is 1.34. The Hall–Kier alpha value is -1.55. The minimum atomic E-state index is -0.882. The highest BCUT2D eigenvalue weighted by Gasteiger charge is 2.03. The van der Waals surface area contributed by atoms with Crippen LogP contribution >= 0.6 is 11.6 Å². The van der Waals surface area contributed by atoms with Crippen molar-refractivity contribution in [1.82, 2.24) is 5.32 Å². The second kappa shape index (κ2) is 6.91. The van der Waals surface area contributed by atoms with Gasteiger partial charge in [-0.25, -0.2) is 0 Å². The molecule has 0 bridgehead atoms. The molecule has 1 aromatic carbocycles. The first-order chi connectivity index (χ1) is 8.08. The average molecular weight is 256 g/mol. The molecule has 0 aromatic heterocycles. The quantitative estimate of drug-likeness (QED) is 0.819. The number of carboxylic acid groups (broad SMARTS) is 1. The third-order valence-electron chi connectivity index (χ3n) is 2.17. The number of hydrogen-bond donors (Lipinski definition) is 2. The van der Waals surface area contributed by atoms with Crippen molar-refractivity contribution in [3.63, 3.8) is 0 Å². The number of benzene rings is 1. The lowest BCUT2D eigenvalue weighted by Crippen LogP contribution is -2.22. The maximum absolute atomic E-state index is 11.3. The number of aliphatic carboxylic acids is 1. The summed E-state index contributed by atoms with van der Waals surface area (Å²) in [6.07, 6.45) is 0.605. The summed E-state index contributed by atoms with van der Waals surface area (Å²) >= 11 is 5.80. The van der Waals surface area contributed by atoms with E-state index >= 15 is 0 Å². The van der Waals surface area contributed by atoms with E-state index in [1.54, 1.807) is 12.1 Å². The standard InChI is InChI=1S/C12H14ClNO3/c13-10-4-1-3-9(7-10)8-14-11(15)5-2-6-12(16)17/h1,3-4,7H,2,5-6,8H2,(H,14,15)(H,16,17). The Labute approximate surface area is 105 Å². The Balaban J connectivity index is 2.26. The minimum absolute atomic E-state index is 0.0184. The Bertz CT molecular complexity index is 406. The summed E-state index contributed by atoms with van der Waals surface area (Å²) in [5.74, 6) is -1.03. The number of amides is 1. The number of rotatable bonds is 6. The molecule has 0 saturated carbocycles. The van der Waals surface area contributed by atoms with Gasteiger partial charge in [0.25, 0.3) is 0 Å². The van der Waals surface area contributed by atoms with Crippen LogP contribution in [-0.4, -0.2) is 17.0 Å². The maximum Gasteiger partial charge on any atom is 0.303 e. The van der Waals surface area contributed by atoms with Crippen molar-refractivity contribution >= 4 is 23.5 Å². The molecule has 0 aliphatic heterocycles. The molecule has 2 N–H and O–H groups in total. The van der Waals surface area contributed by atoms with Crippen LogP contribution in [0.1, 0.15) is 24.8 Å². The van der Waals surface area contributed by atoms with Crippen LogP contribution in [0.4, 0.5) is 0 Å². The number of carbonyl (C=O) groups is 2. The first kappa shape index (κ1) is 13.5. The van der Waals surface area contributed by atoms with Gasteiger partial charge in [-0.05, 0) is 24.1 Å². The van der Waals surface area contributed by atoms with Gasteiger partial charge in [0.2, 0.25) is 5.91 Å². The first-order valence-corrected chi connectivity index (χ1v) is 5.68. The second-order valence-corrected chi connectivity index (χ2v) is 4.09. The number of halogens is 1. The largest absolute Gasteiger partial charge is 0.481 e. The molecule has 1 amide bonds. The zero-order chi connectivity index (χ0) is 12.7. The summed E-state index contributed by atoms with van der Waals surface area (Å²) in [5, 5.41) is 11.8. The van der Waals surface area contributed by atoms with E-state index < -0.39 is 5.97 Å². The van der Waals surface area contributed by atoms with Crippen LogP contribution < -0.4 is 5.32 Å². The Morgan fingerprint density at radius 2 is 2.06 bits per heavy atom. The number of carbonyl (C=O) groups excluding carboxylic acids is 1. The van der Waals surface area contributed by atoms with Crippen LogP contribution in [0.15, 0.2) is 24.3 Å². The fraction of sp³-hybridized carbons (Fsp3) is 0.333. The zero-order valence-corrected chi connectivity index (χ0v) is 10.0. The number of nitrogens with one attached hydrogen (secondary N) is 1. The molecule has 0 unspecified atom stereocenters. The number of carboxylic acids is 1. The van der Waals surface area contributed by atoms with Crippen molar-refractivity contribution in [2.75, 3.05) is 0 Å². The third kappa shape index (κ3) is 5.92. The zero-order valence-electron chi connectivity index (χ0n) is 9.28. The molecule has 0 spiro atoms. The van der Waals surface area contributed by atoms with Crippen LogP contribution in [0, 0.1) is 0 Å². The molecule has 0 saturated heterocycles. The summed E-state index contributed by atoms with van der Waals surface area (Å²) in [6.45, 7) is 0.409. The third-order valence-corrected chi connectivity index (χ3v) is 2.41. The summed E-state index contributed by atoms with van der Waals surface area (Å²) in [5.41, 5.74) is 0.920. The van der Waals surface area contributed by atoms with E-state index in [0.717, 1.165) is 5.56 Å². The predicted molar refractivity (Wildman–Crippen MR) is 64.8 cm³/mol. The van der Waals surface area contributed by atoms with Crippen LogP contribution in [0.3, 0.4) is 0 Å². The molecule has 17 heavy (non-hydrogen) atoms. The second-order valence-electron chi connectivity index (χ2n) is 3.65. The van der Waals surface area contributed by atoms with Gasteiger partial charge >= 0.3 is 5.97 Å². The SMILES string of the molecule is O=C(O)CCCC(=O)NCc1cccc(Cl)c1. The van der Waals surface area contributed by atoms with Crippen LogP contribution in [-0.2, 0) is 16.1 Å². The maximum atomic E-state index is 11.3. The van der Waals surface area contributed by atoms with Gasteiger partial charge in [0.15, 0.2) is 0 Å². The Kier molecular flexibility index (Phi) is 5.49. The van der Waals surface area contributed by atoms with Crippen molar-refractivity contribution in [2.24, 2.45) is 0 Å². The van der Waals surface area contributed by atoms with Crippen LogP contribution in [0.25, 0.3) is 0 Å². The number of hydrogen-bond acceptors (Lipinski definition) is 2. The van der Waals surface area contributed by atoms with Gasteiger partial charge in [-0.1, -0.05) is 23.7 Å². The van der Waals surface area contributed by atoms with Gasteiger partial charge in [-0.2, -0.15) is 0 Å². The lowest BCUT2D eigenvalue weighted by molar-refractivity contribution is -0.137. The first-order valence-electron chi connectivity index (χ1n) is 5.31. The van der Waals surface area contributed by atoms with Crippen molar-refractivity contribution in [2.45, 2.75) is 25.8 Å². The highest BCUT2D eigenvalue weighted by atomic mass is 35.5. The van der Waals surface area contributed by atoms with Gasteiger partial charge in [0.05, 0.1) is 0 Å². The average Bonchev–Trinajstić information content (AvgIpc) is 2.26. The summed E-state index contributed by atoms with van der Waals surface area (Å²) in [7, 11) is 0. The smallest absolute Gasteiger partial charge is 0.303 e. The molecule has 5 heteroatoms. The van der Waals surface area contributed by atoms with Gasteiger partial charge in [0, 0.05) is 24.4 Å². The molecule has 4 nitrogen and oxygen atoms in total. The highest BCUT2D eigenvalue weighted by Crippen LogP contribution is 2.10. The van der Waals surface area contributed by atoms with E-state index in [0.29, 0.717) is 18.0 Å². The van der Waals surface area contributed by atoms with Crippen LogP contribution in [0.2, 0.25) is 5.02 Å². The van der Waals surface area contributed by atoms with Crippen LogP contribution in [0.5, 0.6) is 0 Å². The Morgan fingerprint density at radius 1 is 1.29 bits per heavy atom. The minimum Gasteiger partial charge on any atom is -0.481 e. The predicted octanol–water partition coefficient (Wildman–Crippen LogP) is 2.21. The highest BCUT2D eigenvalue weighted by molar-refractivity contribution is 6.30. The van der Waals surface area contributed by atoms with Gasteiger partial charge < -0.3 is 10.4 Å². The monoisotopic (exact) mass is 255 g/mol. The van der Waals surface area contributed by atoms with E-state index in [4.69, 9.17) is 16.7 Å². The molecule has 0 atom stereocenters. The van der Waals surface area contributed by atoms with E-state index in [-0.39, 0.29) is 18.7 Å². The molecule has 0 aliphatic rings. The van der Waals surface area contributed by atoms with Crippen molar-refractivity contribution in [3.05, 3.63) is 34.9 Å². The van der Waals surface area contributed by atoms with E-state index in [1.165, 1.54) is 0 Å². The molecular formula is C12H14ClNO3. The molecular weight excluding hydrogens is 242 g/mol. The van der Waals surface area contributed by atoms with Crippen molar-refractivity contribution in [3.8, 4) is 0 Å².